The Morgan fingerprint density at radius 3 is 2.88 bits per heavy atom. The summed E-state index contributed by atoms with van der Waals surface area (Å²) in [4.78, 5) is 23.3. The highest BCUT2D eigenvalue weighted by Gasteiger charge is 2.29. The summed E-state index contributed by atoms with van der Waals surface area (Å²) in [5.41, 5.74) is 2.91. The first-order valence-electron chi connectivity index (χ1n) is 8.39. The molecule has 26 heavy (non-hydrogen) atoms. The highest BCUT2D eigenvalue weighted by atomic mass is 19.1. The average Bonchev–Trinajstić information content (AvgIpc) is 2.97. The average molecular weight is 348 g/mol. The number of para-hydroxylation sites is 1. The lowest BCUT2D eigenvalue weighted by molar-refractivity contribution is 0.102. The Hall–Kier alpha value is -3.28. The van der Waals surface area contributed by atoms with Gasteiger partial charge in [-0.2, -0.15) is 0 Å². The molecule has 4 rings (SSSR count). The first-order chi connectivity index (χ1) is 12.6. The third-order valence-corrected chi connectivity index (χ3v) is 4.38. The Balaban J connectivity index is 1.62. The highest BCUT2D eigenvalue weighted by molar-refractivity contribution is 6.03. The maximum atomic E-state index is 13.3. The van der Waals surface area contributed by atoms with Crippen molar-refractivity contribution < 1.29 is 9.18 Å². The monoisotopic (exact) mass is 348 g/mol. The van der Waals surface area contributed by atoms with Crippen LogP contribution in [-0.2, 0) is 6.42 Å². The first-order valence-corrected chi connectivity index (χ1v) is 8.39. The molecule has 0 fully saturated rings. The van der Waals surface area contributed by atoms with E-state index in [-0.39, 0.29) is 11.7 Å². The van der Waals surface area contributed by atoms with Gasteiger partial charge in [0.15, 0.2) is 0 Å². The van der Waals surface area contributed by atoms with Gasteiger partial charge in [-0.15, -0.1) is 0 Å². The summed E-state index contributed by atoms with van der Waals surface area (Å²) in [6.45, 7) is 2.10. The van der Waals surface area contributed by atoms with Crippen LogP contribution in [-0.4, -0.2) is 21.9 Å². The molecule has 0 saturated carbocycles. The standard InChI is InChI=1S/C20H17FN4O/c1-13-11-14-5-2-3-8-18(14)25(13)20-22-10-9-17(24-20)19(26)23-16-7-4-6-15(21)12-16/h2-10,12-13H,11H2,1H3,(H,23,26). The van der Waals surface area contributed by atoms with Crippen LogP contribution in [0.1, 0.15) is 23.0 Å². The van der Waals surface area contributed by atoms with Crippen molar-refractivity contribution in [2.75, 3.05) is 10.2 Å². The summed E-state index contributed by atoms with van der Waals surface area (Å²) in [5, 5.41) is 2.66. The molecule has 0 bridgehead atoms. The quantitative estimate of drug-likeness (QED) is 0.779. The topological polar surface area (TPSA) is 58.1 Å². The third-order valence-electron chi connectivity index (χ3n) is 4.38. The Morgan fingerprint density at radius 2 is 2.04 bits per heavy atom. The molecule has 1 aromatic heterocycles. The van der Waals surface area contributed by atoms with E-state index in [9.17, 15) is 9.18 Å². The number of carbonyl (C=O) groups excluding carboxylic acids is 1. The molecule has 0 saturated heterocycles. The van der Waals surface area contributed by atoms with Gasteiger partial charge in [-0.05, 0) is 49.2 Å². The van der Waals surface area contributed by atoms with E-state index in [1.54, 1.807) is 24.4 Å². The molecular formula is C20H17FN4O. The van der Waals surface area contributed by atoms with Gasteiger partial charge in [-0.3, -0.25) is 4.79 Å². The van der Waals surface area contributed by atoms with Crippen molar-refractivity contribution >= 4 is 23.2 Å². The van der Waals surface area contributed by atoms with Crippen LogP contribution in [0, 0.1) is 5.82 Å². The lowest BCUT2D eigenvalue weighted by Crippen LogP contribution is -2.26. The van der Waals surface area contributed by atoms with Crippen molar-refractivity contribution in [3.8, 4) is 0 Å². The van der Waals surface area contributed by atoms with Gasteiger partial charge in [0.05, 0.1) is 0 Å². The van der Waals surface area contributed by atoms with Crippen LogP contribution < -0.4 is 10.2 Å². The van der Waals surface area contributed by atoms with E-state index >= 15 is 0 Å². The minimum atomic E-state index is -0.409. The Kier molecular flexibility index (Phi) is 4.08. The number of hydrogen-bond acceptors (Lipinski definition) is 4. The van der Waals surface area contributed by atoms with Crippen molar-refractivity contribution in [3.05, 3.63) is 77.9 Å². The van der Waals surface area contributed by atoms with Crippen molar-refractivity contribution in [1.29, 1.82) is 0 Å². The number of nitrogens with one attached hydrogen (secondary N) is 1. The fourth-order valence-electron chi connectivity index (χ4n) is 3.22. The number of hydrogen-bond donors (Lipinski definition) is 1. The van der Waals surface area contributed by atoms with Gasteiger partial charge in [0.2, 0.25) is 5.95 Å². The van der Waals surface area contributed by atoms with Crippen molar-refractivity contribution in [2.24, 2.45) is 0 Å². The van der Waals surface area contributed by atoms with Gasteiger partial charge in [-0.25, -0.2) is 14.4 Å². The lowest BCUT2D eigenvalue weighted by atomic mass is 10.1. The number of fused-ring (bicyclic) bond motifs is 1. The molecule has 5 nitrogen and oxygen atoms in total. The predicted octanol–water partition coefficient (Wildman–Crippen LogP) is 3.95. The Bertz CT molecular complexity index is 975. The zero-order chi connectivity index (χ0) is 18.1. The van der Waals surface area contributed by atoms with Gasteiger partial charge < -0.3 is 10.2 Å². The maximum Gasteiger partial charge on any atom is 0.274 e. The second-order valence-electron chi connectivity index (χ2n) is 6.26. The number of amides is 1. The van der Waals surface area contributed by atoms with Crippen molar-refractivity contribution in [1.82, 2.24) is 9.97 Å². The molecule has 1 N–H and O–H groups in total. The second-order valence-corrected chi connectivity index (χ2v) is 6.26. The SMILES string of the molecule is CC1Cc2ccccc2N1c1nccc(C(=O)Nc2cccc(F)c2)n1. The molecule has 0 aliphatic carbocycles. The number of rotatable bonds is 3. The predicted molar refractivity (Wildman–Crippen MR) is 98.1 cm³/mol. The summed E-state index contributed by atoms with van der Waals surface area (Å²) in [6.07, 6.45) is 2.47. The maximum absolute atomic E-state index is 13.3. The van der Waals surface area contributed by atoms with E-state index in [1.807, 2.05) is 23.1 Å². The number of aromatic nitrogens is 2. The number of anilines is 3. The van der Waals surface area contributed by atoms with Crippen molar-refractivity contribution in [2.45, 2.75) is 19.4 Å². The molecule has 130 valence electrons. The minimum absolute atomic E-state index is 0.203. The van der Waals surface area contributed by atoms with Crippen LogP contribution in [0.25, 0.3) is 0 Å². The van der Waals surface area contributed by atoms with Crippen LogP contribution in [0.3, 0.4) is 0 Å². The highest BCUT2D eigenvalue weighted by Crippen LogP contribution is 2.36. The molecule has 2 aromatic carbocycles. The van der Waals surface area contributed by atoms with Crippen LogP contribution in [0.2, 0.25) is 0 Å². The number of carbonyl (C=O) groups is 1. The molecule has 1 atom stereocenters. The van der Waals surface area contributed by atoms with Gasteiger partial charge in [-0.1, -0.05) is 24.3 Å². The molecule has 1 unspecified atom stereocenters. The summed E-state index contributed by atoms with van der Waals surface area (Å²) in [7, 11) is 0. The fourth-order valence-corrected chi connectivity index (χ4v) is 3.22. The molecule has 1 aliphatic rings. The molecule has 1 aliphatic heterocycles. The second kappa shape index (κ2) is 6.55. The van der Waals surface area contributed by atoms with Crippen LogP contribution in [0.15, 0.2) is 60.8 Å². The molecule has 3 aromatic rings. The zero-order valence-electron chi connectivity index (χ0n) is 14.2. The fraction of sp³-hybridized carbons (Fsp3) is 0.150. The van der Waals surface area contributed by atoms with Crippen LogP contribution in [0.4, 0.5) is 21.7 Å². The van der Waals surface area contributed by atoms with E-state index in [1.165, 1.54) is 17.7 Å². The summed E-state index contributed by atoms with van der Waals surface area (Å²) in [5.74, 6) is -0.331. The van der Waals surface area contributed by atoms with Gasteiger partial charge >= 0.3 is 0 Å². The summed E-state index contributed by atoms with van der Waals surface area (Å²) >= 11 is 0. The van der Waals surface area contributed by atoms with E-state index in [0.717, 1.165) is 12.1 Å². The minimum Gasteiger partial charge on any atom is -0.321 e. The smallest absolute Gasteiger partial charge is 0.274 e. The van der Waals surface area contributed by atoms with Gasteiger partial charge in [0.1, 0.15) is 11.5 Å². The normalized spacial score (nSPS) is 15.6. The number of nitrogens with zero attached hydrogens (tertiary/aromatic N) is 3. The summed E-state index contributed by atoms with van der Waals surface area (Å²) in [6, 6.07) is 15.6. The molecular weight excluding hydrogens is 331 g/mol. The first kappa shape index (κ1) is 16.2. The number of halogens is 1. The molecule has 1 amide bonds. The van der Waals surface area contributed by atoms with E-state index in [2.05, 4.69) is 28.3 Å². The largest absolute Gasteiger partial charge is 0.321 e. The van der Waals surface area contributed by atoms with Gasteiger partial charge in [0, 0.05) is 23.6 Å². The number of benzene rings is 2. The van der Waals surface area contributed by atoms with Crippen LogP contribution >= 0.6 is 0 Å². The third kappa shape index (κ3) is 3.01. The van der Waals surface area contributed by atoms with Crippen LogP contribution in [0.5, 0.6) is 0 Å². The molecule has 6 heteroatoms. The molecule has 0 radical (unpaired) electrons. The molecule has 2 heterocycles. The van der Waals surface area contributed by atoms with E-state index < -0.39 is 11.7 Å². The van der Waals surface area contributed by atoms with E-state index in [0.29, 0.717) is 11.6 Å². The summed E-state index contributed by atoms with van der Waals surface area (Å²) < 4.78 is 13.3. The Labute approximate surface area is 150 Å². The van der Waals surface area contributed by atoms with E-state index in [4.69, 9.17) is 0 Å². The lowest BCUT2D eigenvalue weighted by Gasteiger charge is -2.22. The Morgan fingerprint density at radius 1 is 1.19 bits per heavy atom. The van der Waals surface area contributed by atoms with Crippen molar-refractivity contribution in [3.63, 3.8) is 0 Å². The molecule has 0 spiro atoms. The zero-order valence-corrected chi connectivity index (χ0v) is 14.2. The van der Waals surface area contributed by atoms with Gasteiger partial charge in [0.25, 0.3) is 5.91 Å².